The van der Waals surface area contributed by atoms with Crippen molar-refractivity contribution in [2.75, 3.05) is 32.8 Å². The van der Waals surface area contributed by atoms with Crippen molar-refractivity contribution < 1.29 is 14.5 Å². The van der Waals surface area contributed by atoms with Gasteiger partial charge in [-0.15, -0.1) is 0 Å². The molecule has 0 aliphatic heterocycles. The summed E-state index contributed by atoms with van der Waals surface area (Å²) in [5.74, 6) is -0.148. The molecule has 0 atom stereocenters. The molecule has 0 unspecified atom stereocenters. The van der Waals surface area contributed by atoms with Gasteiger partial charge in [-0.25, -0.2) is 0 Å². The smallest absolute Gasteiger partial charge is 0.311 e. The number of hydrogen-bond acceptors (Lipinski definition) is 5. The molecular formula is C15H23N3O4. The van der Waals surface area contributed by atoms with Crippen LogP contribution in [-0.2, 0) is 0 Å². The standard InChI is InChI=1S/C15H23N3O4/c1-4-17(5-2)10-9-16-15(19)12-7-8-14(22-6-3)13(11-12)18(20)21/h7-8,11H,4-6,9-10H2,1-3H3,(H,16,19). The predicted molar refractivity (Wildman–Crippen MR) is 84.4 cm³/mol. The van der Waals surface area contributed by atoms with Gasteiger partial charge in [-0.3, -0.25) is 14.9 Å². The third kappa shape index (κ3) is 5.00. The Hall–Kier alpha value is -2.15. The highest BCUT2D eigenvalue weighted by Crippen LogP contribution is 2.27. The Labute approximate surface area is 130 Å². The van der Waals surface area contributed by atoms with Crippen LogP contribution >= 0.6 is 0 Å². The van der Waals surface area contributed by atoms with E-state index in [0.717, 1.165) is 19.6 Å². The number of nitro groups is 1. The SMILES string of the molecule is CCOc1ccc(C(=O)NCCN(CC)CC)cc1[N+](=O)[O-]. The number of nitro benzene ring substituents is 1. The maximum absolute atomic E-state index is 12.1. The Kier molecular flexibility index (Phi) is 7.31. The summed E-state index contributed by atoms with van der Waals surface area (Å²) in [6.07, 6.45) is 0. The van der Waals surface area contributed by atoms with Gasteiger partial charge in [-0.05, 0) is 32.1 Å². The van der Waals surface area contributed by atoms with Crippen LogP contribution in [0, 0.1) is 10.1 Å². The summed E-state index contributed by atoms with van der Waals surface area (Å²) >= 11 is 0. The average Bonchev–Trinajstić information content (AvgIpc) is 2.51. The molecular weight excluding hydrogens is 286 g/mol. The number of ether oxygens (including phenoxy) is 1. The largest absolute Gasteiger partial charge is 0.487 e. The normalized spacial score (nSPS) is 10.5. The molecule has 1 N–H and O–H groups in total. The fourth-order valence-electron chi connectivity index (χ4n) is 2.05. The molecule has 0 spiro atoms. The van der Waals surface area contributed by atoms with E-state index in [-0.39, 0.29) is 22.9 Å². The molecule has 7 nitrogen and oxygen atoms in total. The van der Waals surface area contributed by atoms with E-state index < -0.39 is 4.92 Å². The summed E-state index contributed by atoms with van der Waals surface area (Å²) in [6, 6.07) is 4.24. The maximum Gasteiger partial charge on any atom is 0.311 e. The number of nitrogens with one attached hydrogen (secondary N) is 1. The molecule has 122 valence electrons. The molecule has 0 saturated heterocycles. The summed E-state index contributed by atoms with van der Waals surface area (Å²) in [5.41, 5.74) is 0.0629. The number of nitrogens with zero attached hydrogens (tertiary/aromatic N) is 2. The lowest BCUT2D eigenvalue weighted by atomic mass is 10.1. The molecule has 0 fully saturated rings. The highest BCUT2D eigenvalue weighted by Gasteiger charge is 2.18. The summed E-state index contributed by atoms with van der Waals surface area (Å²) in [6.45, 7) is 9.28. The first kappa shape index (κ1) is 17.9. The van der Waals surface area contributed by atoms with Gasteiger partial charge in [0.05, 0.1) is 11.5 Å². The van der Waals surface area contributed by atoms with Crippen LogP contribution in [-0.4, -0.2) is 48.5 Å². The van der Waals surface area contributed by atoms with Gasteiger partial charge in [0.2, 0.25) is 0 Å². The van der Waals surface area contributed by atoms with Gasteiger partial charge in [-0.1, -0.05) is 13.8 Å². The van der Waals surface area contributed by atoms with Gasteiger partial charge in [0, 0.05) is 24.7 Å². The molecule has 0 bridgehead atoms. The van der Waals surface area contributed by atoms with Crippen molar-refractivity contribution in [3.63, 3.8) is 0 Å². The fraction of sp³-hybridized carbons (Fsp3) is 0.533. The Morgan fingerprint density at radius 2 is 2.00 bits per heavy atom. The molecule has 1 aromatic carbocycles. The Balaban J connectivity index is 2.73. The molecule has 7 heteroatoms. The maximum atomic E-state index is 12.1. The minimum atomic E-state index is -0.544. The zero-order chi connectivity index (χ0) is 16.5. The number of amides is 1. The van der Waals surface area contributed by atoms with Gasteiger partial charge in [0.25, 0.3) is 5.91 Å². The highest BCUT2D eigenvalue weighted by atomic mass is 16.6. The van der Waals surface area contributed by atoms with Crippen molar-refractivity contribution >= 4 is 11.6 Å². The number of hydrogen-bond donors (Lipinski definition) is 1. The lowest BCUT2D eigenvalue weighted by Crippen LogP contribution is -2.34. The minimum Gasteiger partial charge on any atom is -0.487 e. The molecule has 0 aliphatic carbocycles. The van der Waals surface area contributed by atoms with Crippen LogP contribution in [0.3, 0.4) is 0 Å². The van der Waals surface area contributed by atoms with E-state index >= 15 is 0 Å². The number of benzene rings is 1. The van der Waals surface area contributed by atoms with Gasteiger partial charge in [-0.2, -0.15) is 0 Å². The van der Waals surface area contributed by atoms with E-state index in [1.54, 1.807) is 6.92 Å². The first-order valence-corrected chi connectivity index (χ1v) is 7.45. The molecule has 1 amide bonds. The minimum absolute atomic E-state index is 0.173. The lowest BCUT2D eigenvalue weighted by Gasteiger charge is -2.17. The quantitative estimate of drug-likeness (QED) is 0.557. The molecule has 0 heterocycles. The molecule has 0 aromatic heterocycles. The Morgan fingerprint density at radius 3 is 2.55 bits per heavy atom. The average molecular weight is 309 g/mol. The summed E-state index contributed by atoms with van der Waals surface area (Å²) in [5, 5.41) is 13.8. The van der Waals surface area contributed by atoms with Crippen molar-refractivity contribution in [2.24, 2.45) is 0 Å². The van der Waals surface area contributed by atoms with Crippen molar-refractivity contribution in [2.45, 2.75) is 20.8 Å². The van der Waals surface area contributed by atoms with Crippen LogP contribution in [0.25, 0.3) is 0 Å². The predicted octanol–water partition coefficient (Wildman–Crippen LogP) is 2.07. The zero-order valence-corrected chi connectivity index (χ0v) is 13.3. The second-order valence-corrected chi connectivity index (χ2v) is 4.66. The van der Waals surface area contributed by atoms with Crippen LogP contribution in [0.15, 0.2) is 18.2 Å². The van der Waals surface area contributed by atoms with Gasteiger partial charge < -0.3 is 15.0 Å². The Morgan fingerprint density at radius 1 is 1.32 bits per heavy atom. The van der Waals surface area contributed by atoms with E-state index in [9.17, 15) is 14.9 Å². The molecule has 1 rings (SSSR count). The monoisotopic (exact) mass is 309 g/mol. The zero-order valence-electron chi connectivity index (χ0n) is 13.3. The van der Waals surface area contributed by atoms with E-state index in [4.69, 9.17) is 4.74 Å². The van der Waals surface area contributed by atoms with Crippen LogP contribution in [0.4, 0.5) is 5.69 Å². The Bertz CT molecular complexity index is 516. The molecule has 0 saturated carbocycles. The number of rotatable bonds is 9. The van der Waals surface area contributed by atoms with Crippen molar-refractivity contribution in [3.8, 4) is 5.75 Å². The van der Waals surface area contributed by atoms with Crippen LogP contribution < -0.4 is 10.1 Å². The van der Waals surface area contributed by atoms with Crippen molar-refractivity contribution in [1.29, 1.82) is 0 Å². The van der Waals surface area contributed by atoms with Crippen molar-refractivity contribution in [3.05, 3.63) is 33.9 Å². The van der Waals surface area contributed by atoms with Crippen LogP contribution in [0.5, 0.6) is 5.75 Å². The summed E-state index contributed by atoms with van der Waals surface area (Å²) < 4.78 is 5.19. The van der Waals surface area contributed by atoms with E-state index in [1.807, 2.05) is 0 Å². The second-order valence-electron chi connectivity index (χ2n) is 4.66. The van der Waals surface area contributed by atoms with Crippen LogP contribution in [0.2, 0.25) is 0 Å². The van der Waals surface area contributed by atoms with Gasteiger partial charge in [0.15, 0.2) is 5.75 Å². The van der Waals surface area contributed by atoms with Crippen molar-refractivity contribution in [1.82, 2.24) is 10.2 Å². The molecule has 1 aromatic rings. The van der Waals surface area contributed by atoms with E-state index in [2.05, 4.69) is 24.1 Å². The molecule has 22 heavy (non-hydrogen) atoms. The van der Waals surface area contributed by atoms with E-state index in [1.165, 1.54) is 18.2 Å². The summed E-state index contributed by atoms with van der Waals surface area (Å²) in [4.78, 5) is 24.7. The third-order valence-electron chi connectivity index (χ3n) is 3.33. The first-order chi connectivity index (χ1) is 10.5. The number of carbonyl (C=O) groups excluding carboxylic acids is 1. The number of likely N-dealkylation sites (N-methyl/N-ethyl adjacent to an activating group) is 1. The topological polar surface area (TPSA) is 84.7 Å². The fourth-order valence-corrected chi connectivity index (χ4v) is 2.05. The van der Waals surface area contributed by atoms with E-state index in [0.29, 0.717) is 13.2 Å². The molecule has 0 radical (unpaired) electrons. The van der Waals surface area contributed by atoms with Crippen LogP contribution in [0.1, 0.15) is 31.1 Å². The van der Waals surface area contributed by atoms with Gasteiger partial charge in [0.1, 0.15) is 0 Å². The number of carbonyl (C=O) groups is 1. The third-order valence-corrected chi connectivity index (χ3v) is 3.33. The molecule has 0 aliphatic rings. The van der Waals surface area contributed by atoms with Gasteiger partial charge >= 0.3 is 5.69 Å². The lowest BCUT2D eigenvalue weighted by molar-refractivity contribution is -0.385. The summed E-state index contributed by atoms with van der Waals surface area (Å²) in [7, 11) is 0. The second kappa shape index (κ2) is 8.99. The first-order valence-electron chi connectivity index (χ1n) is 7.45. The highest BCUT2D eigenvalue weighted by molar-refractivity contribution is 5.95.